The Balaban J connectivity index is 1.74. The van der Waals surface area contributed by atoms with Gasteiger partial charge in [0.2, 0.25) is 0 Å². The second kappa shape index (κ2) is 8.52. The molecule has 164 valence electrons. The molecule has 0 bridgehead atoms. The molecule has 3 heterocycles. The van der Waals surface area contributed by atoms with Crippen LogP contribution in [0.3, 0.4) is 0 Å². The molecule has 0 unspecified atom stereocenters. The quantitative estimate of drug-likeness (QED) is 0.286. The van der Waals surface area contributed by atoms with E-state index < -0.39 is 4.92 Å². The van der Waals surface area contributed by atoms with E-state index in [0.717, 1.165) is 10.8 Å². The Bertz CT molecular complexity index is 1330. The normalized spacial score (nSPS) is 10.9. The lowest BCUT2D eigenvalue weighted by Gasteiger charge is -2.14. The van der Waals surface area contributed by atoms with E-state index >= 15 is 0 Å². The number of rotatable bonds is 6. The number of halogens is 2. The Morgan fingerprint density at radius 2 is 1.62 bits per heavy atom. The number of methoxy groups -OCH3 is 2. The van der Waals surface area contributed by atoms with Gasteiger partial charge in [-0.2, -0.15) is 0 Å². The molecule has 0 saturated heterocycles. The summed E-state index contributed by atoms with van der Waals surface area (Å²) < 4.78 is 12.3. The van der Waals surface area contributed by atoms with Crippen molar-refractivity contribution >= 4 is 51.2 Å². The number of pyridine rings is 2. The van der Waals surface area contributed by atoms with E-state index in [4.69, 9.17) is 32.7 Å². The predicted octanol–water partition coefficient (Wildman–Crippen LogP) is 5.61. The van der Waals surface area contributed by atoms with Crippen molar-refractivity contribution in [2.24, 2.45) is 7.05 Å². The van der Waals surface area contributed by atoms with Crippen molar-refractivity contribution in [2.75, 3.05) is 19.5 Å². The summed E-state index contributed by atoms with van der Waals surface area (Å²) in [7, 11) is 4.71. The highest BCUT2D eigenvalue weighted by Crippen LogP contribution is 2.45. The molecule has 0 atom stereocenters. The molecule has 1 N–H and O–H groups in total. The number of fused-ring (bicyclic) bond motifs is 1. The van der Waals surface area contributed by atoms with Crippen LogP contribution in [-0.2, 0) is 7.05 Å². The topological polar surface area (TPSA) is 104 Å². The molecule has 0 aliphatic rings. The van der Waals surface area contributed by atoms with Crippen molar-refractivity contribution in [1.82, 2.24) is 14.5 Å². The minimum Gasteiger partial charge on any atom is -0.495 e. The van der Waals surface area contributed by atoms with E-state index in [9.17, 15) is 10.1 Å². The molecule has 0 saturated carbocycles. The van der Waals surface area contributed by atoms with Crippen LogP contribution in [0.1, 0.15) is 0 Å². The van der Waals surface area contributed by atoms with Crippen molar-refractivity contribution < 1.29 is 14.4 Å². The minimum atomic E-state index is -0.451. The Hall–Kier alpha value is -3.56. The first-order valence-corrected chi connectivity index (χ1v) is 10.0. The highest BCUT2D eigenvalue weighted by Gasteiger charge is 2.20. The van der Waals surface area contributed by atoms with E-state index in [2.05, 4.69) is 15.3 Å². The van der Waals surface area contributed by atoms with E-state index in [0.29, 0.717) is 44.3 Å². The highest BCUT2D eigenvalue weighted by atomic mass is 35.5. The molecule has 0 amide bonds. The van der Waals surface area contributed by atoms with Crippen molar-refractivity contribution in [2.45, 2.75) is 0 Å². The maximum absolute atomic E-state index is 11.2. The zero-order valence-corrected chi connectivity index (χ0v) is 18.7. The number of nitrogens with zero attached hydrogens (tertiary/aromatic N) is 4. The molecule has 0 aliphatic heterocycles. The largest absolute Gasteiger partial charge is 0.495 e. The van der Waals surface area contributed by atoms with Crippen LogP contribution in [0.25, 0.3) is 22.0 Å². The Morgan fingerprint density at radius 3 is 2.25 bits per heavy atom. The summed E-state index contributed by atoms with van der Waals surface area (Å²) in [4.78, 5) is 19.7. The standard InChI is InChI=1S/C21H17Cl2N5O4/c1-27-9-14(15(10-27)28(29)30)26-18-5-12-7-24-13(4-11(12)8-25-18)19-20(22)16(31-2)6-17(32-3)21(19)23/h4-10H,1-3H3,(H,25,26). The van der Waals surface area contributed by atoms with Crippen LogP contribution < -0.4 is 14.8 Å². The second-order valence-corrected chi connectivity index (χ2v) is 7.63. The van der Waals surface area contributed by atoms with Gasteiger partial charge in [0, 0.05) is 48.0 Å². The molecule has 0 aliphatic carbocycles. The van der Waals surface area contributed by atoms with Gasteiger partial charge < -0.3 is 19.4 Å². The van der Waals surface area contributed by atoms with Gasteiger partial charge in [-0.05, 0) is 12.1 Å². The van der Waals surface area contributed by atoms with Gasteiger partial charge in [-0.3, -0.25) is 15.1 Å². The molecule has 0 radical (unpaired) electrons. The van der Waals surface area contributed by atoms with E-state index in [1.54, 1.807) is 48.4 Å². The van der Waals surface area contributed by atoms with Crippen LogP contribution in [0.5, 0.6) is 11.5 Å². The van der Waals surface area contributed by atoms with Crippen molar-refractivity contribution in [3.05, 3.63) is 63.1 Å². The minimum absolute atomic E-state index is 0.0425. The monoisotopic (exact) mass is 473 g/mol. The van der Waals surface area contributed by atoms with Crippen LogP contribution >= 0.6 is 23.2 Å². The van der Waals surface area contributed by atoms with Gasteiger partial charge in [0.15, 0.2) is 0 Å². The summed E-state index contributed by atoms with van der Waals surface area (Å²) in [6.45, 7) is 0. The molecule has 4 rings (SSSR count). The summed E-state index contributed by atoms with van der Waals surface area (Å²) in [6.07, 6.45) is 6.32. The predicted molar refractivity (Wildman–Crippen MR) is 123 cm³/mol. The first-order chi connectivity index (χ1) is 15.3. The molecule has 32 heavy (non-hydrogen) atoms. The third-order valence-electron chi connectivity index (χ3n) is 4.83. The lowest BCUT2D eigenvalue weighted by molar-refractivity contribution is -0.383. The van der Waals surface area contributed by atoms with Gasteiger partial charge >= 0.3 is 5.69 Å². The number of aromatic nitrogens is 3. The lowest BCUT2D eigenvalue weighted by atomic mass is 10.1. The van der Waals surface area contributed by atoms with Gasteiger partial charge in [0.25, 0.3) is 0 Å². The number of nitrogens with one attached hydrogen (secondary N) is 1. The van der Waals surface area contributed by atoms with E-state index in [1.165, 1.54) is 20.4 Å². The van der Waals surface area contributed by atoms with Crippen LogP contribution in [0.15, 0.2) is 43.0 Å². The smallest absolute Gasteiger partial charge is 0.310 e. The highest BCUT2D eigenvalue weighted by molar-refractivity contribution is 6.41. The first kappa shape index (κ1) is 21.7. The molecule has 0 fully saturated rings. The fourth-order valence-corrected chi connectivity index (χ4v) is 4.00. The SMILES string of the molecule is COc1cc(OC)c(Cl)c(-c2cc3cnc(Nc4cn(C)cc4[N+](=O)[O-])cc3cn2)c1Cl. The first-order valence-electron chi connectivity index (χ1n) is 9.26. The molecular weight excluding hydrogens is 457 g/mol. The molecule has 1 aromatic carbocycles. The van der Waals surface area contributed by atoms with Gasteiger partial charge in [-0.25, -0.2) is 4.98 Å². The fourth-order valence-electron chi connectivity index (χ4n) is 3.30. The van der Waals surface area contributed by atoms with Gasteiger partial charge in [0.1, 0.15) is 23.0 Å². The molecule has 4 aromatic rings. The Morgan fingerprint density at radius 1 is 1.00 bits per heavy atom. The van der Waals surface area contributed by atoms with Crippen LogP contribution in [0.4, 0.5) is 17.2 Å². The number of anilines is 2. The molecule has 11 heteroatoms. The van der Waals surface area contributed by atoms with Crippen molar-refractivity contribution in [3.63, 3.8) is 0 Å². The summed E-state index contributed by atoms with van der Waals surface area (Å²) >= 11 is 13.0. The molecular formula is C21H17Cl2N5O4. The van der Waals surface area contributed by atoms with Crippen molar-refractivity contribution in [1.29, 1.82) is 0 Å². The zero-order valence-electron chi connectivity index (χ0n) is 17.2. The average molecular weight is 474 g/mol. The third-order valence-corrected chi connectivity index (χ3v) is 5.58. The summed E-state index contributed by atoms with van der Waals surface area (Å²) in [6, 6.07) is 5.15. The van der Waals surface area contributed by atoms with Gasteiger partial charge in [0.05, 0.1) is 41.1 Å². The number of aryl methyl sites for hydroxylation is 1. The van der Waals surface area contributed by atoms with Crippen LogP contribution in [-0.4, -0.2) is 33.7 Å². The van der Waals surface area contributed by atoms with Crippen molar-refractivity contribution in [3.8, 4) is 22.8 Å². The lowest BCUT2D eigenvalue weighted by Crippen LogP contribution is -1.97. The van der Waals surface area contributed by atoms with Crippen LogP contribution in [0, 0.1) is 10.1 Å². The number of hydrogen-bond donors (Lipinski definition) is 1. The summed E-state index contributed by atoms with van der Waals surface area (Å²) in [5.41, 5.74) is 1.30. The summed E-state index contributed by atoms with van der Waals surface area (Å²) in [5, 5.41) is 16.4. The molecule has 9 nitrogen and oxygen atoms in total. The number of hydrogen-bond acceptors (Lipinski definition) is 7. The maximum Gasteiger partial charge on any atom is 0.310 e. The number of ether oxygens (including phenoxy) is 2. The Kier molecular flexibility index (Phi) is 5.77. The van der Waals surface area contributed by atoms with Gasteiger partial charge in [-0.1, -0.05) is 23.2 Å². The Labute approximate surface area is 192 Å². The second-order valence-electron chi connectivity index (χ2n) is 6.87. The molecule has 3 aromatic heterocycles. The van der Waals surface area contributed by atoms with E-state index in [1.807, 2.05) is 0 Å². The van der Waals surface area contributed by atoms with Crippen LogP contribution in [0.2, 0.25) is 10.0 Å². The number of nitro groups is 1. The summed E-state index contributed by atoms with van der Waals surface area (Å²) in [5.74, 6) is 1.26. The average Bonchev–Trinajstić information content (AvgIpc) is 3.14. The maximum atomic E-state index is 11.2. The third kappa shape index (κ3) is 3.88. The van der Waals surface area contributed by atoms with E-state index in [-0.39, 0.29) is 5.69 Å². The fraction of sp³-hybridized carbons (Fsp3) is 0.143. The molecule has 0 spiro atoms. The number of benzene rings is 1. The zero-order chi connectivity index (χ0) is 23.0. The van der Waals surface area contributed by atoms with Gasteiger partial charge in [-0.15, -0.1) is 0 Å².